The summed E-state index contributed by atoms with van der Waals surface area (Å²) in [6, 6.07) is -14.0. The molecule has 0 spiro atoms. The second-order valence-corrected chi connectivity index (χ2v) is 25.8. The van der Waals surface area contributed by atoms with Gasteiger partial charge in [0, 0.05) is 46.7 Å². The van der Waals surface area contributed by atoms with Crippen molar-refractivity contribution in [2.45, 2.75) is 199 Å². The van der Waals surface area contributed by atoms with E-state index in [0.29, 0.717) is 0 Å². The Morgan fingerprint density at radius 1 is 0.762 bits per heavy atom. The molecule has 0 radical (unpaired) electrons. The van der Waals surface area contributed by atoms with Crippen molar-refractivity contribution in [1.29, 1.82) is 0 Å². The van der Waals surface area contributed by atoms with Crippen LogP contribution in [0.5, 0.6) is 5.75 Å². The number of hydrogen-bond acceptors (Lipinski definition) is 22. The van der Waals surface area contributed by atoms with Crippen LogP contribution in [0.2, 0.25) is 0 Å². The maximum atomic E-state index is 15.0. The van der Waals surface area contributed by atoms with Crippen molar-refractivity contribution in [3.05, 3.63) is 53.6 Å². The number of amides is 13. The van der Waals surface area contributed by atoms with Gasteiger partial charge in [0.05, 0.1) is 38.4 Å². The molecular weight excluding hydrogens is 1320 g/mol. The number of hydrogen-bond donors (Lipinski definition) is 16. The molecule has 1 aliphatic heterocycles. The van der Waals surface area contributed by atoms with Crippen molar-refractivity contribution >= 4 is 82.8 Å². The first kappa shape index (κ1) is 87.9. The molecule has 1 aromatic rings. The number of nitrogens with zero attached hydrogens (tertiary/aromatic N) is 2. The minimum atomic E-state index is -2.14. The summed E-state index contributed by atoms with van der Waals surface area (Å²) in [5.74, 6) is -18.3. The van der Waals surface area contributed by atoms with Gasteiger partial charge in [-0.1, -0.05) is 83.9 Å². The Bertz CT molecular complexity index is 3110. The number of methoxy groups -OCH3 is 2. The third kappa shape index (κ3) is 27.7. The van der Waals surface area contributed by atoms with E-state index in [4.69, 9.17) is 31.4 Å². The van der Waals surface area contributed by atoms with Gasteiger partial charge in [-0.25, -0.2) is 4.79 Å². The number of ether oxygens (including phenoxy) is 3. The Kier molecular flexibility index (Phi) is 36.7. The summed E-state index contributed by atoms with van der Waals surface area (Å²) >= 11 is 0. The molecule has 35 heteroatoms. The number of aliphatic hydroxyl groups is 3. The van der Waals surface area contributed by atoms with E-state index in [1.54, 1.807) is 26.8 Å². The molecule has 2 rings (SSSR count). The molecule has 19 N–H and O–H groups in total. The van der Waals surface area contributed by atoms with E-state index >= 15 is 9.59 Å². The van der Waals surface area contributed by atoms with Gasteiger partial charge in [-0.05, 0) is 82.9 Å². The summed E-state index contributed by atoms with van der Waals surface area (Å²) in [4.78, 5) is 198. The fourth-order valence-corrected chi connectivity index (χ4v) is 10.4. The zero-order valence-electron chi connectivity index (χ0n) is 60.0. The average Bonchev–Trinajstić information content (AvgIpc) is 0.817. The molecule has 0 saturated carbocycles. The third-order valence-corrected chi connectivity index (χ3v) is 17.0. The largest absolute Gasteiger partial charge is 0.508 e. The Balaban J connectivity index is 2.81. The first-order valence-electron chi connectivity index (χ1n) is 33.1. The lowest BCUT2D eigenvalue weighted by atomic mass is 9.87. The maximum Gasteiger partial charge on any atom is 0.328 e. The molecule has 18 unspecified atom stereocenters. The molecule has 35 nitrogen and oxygen atoms in total. The maximum absolute atomic E-state index is 15.0. The Morgan fingerprint density at radius 3 is 1.89 bits per heavy atom. The lowest BCUT2D eigenvalue weighted by molar-refractivity contribution is -0.161. The van der Waals surface area contributed by atoms with Gasteiger partial charge >= 0.3 is 5.97 Å². The van der Waals surface area contributed by atoms with Crippen LogP contribution in [0.25, 0.3) is 0 Å². The van der Waals surface area contributed by atoms with Gasteiger partial charge in [-0.15, -0.1) is 0 Å². The van der Waals surface area contributed by atoms with E-state index in [2.05, 4.69) is 47.9 Å². The highest BCUT2D eigenvalue weighted by atomic mass is 16.5. The van der Waals surface area contributed by atoms with E-state index in [9.17, 15) is 78.0 Å². The Labute approximate surface area is 587 Å². The van der Waals surface area contributed by atoms with Crippen LogP contribution >= 0.6 is 0 Å². The van der Waals surface area contributed by atoms with Crippen LogP contribution in [0.4, 0.5) is 0 Å². The van der Waals surface area contributed by atoms with E-state index in [0.717, 1.165) is 49.8 Å². The highest BCUT2D eigenvalue weighted by Crippen LogP contribution is 2.26. The molecule has 18 atom stereocenters. The molecule has 1 saturated heterocycles. The van der Waals surface area contributed by atoms with Crippen LogP contribution in [0, 0.1) is 23.7 Å². The number of cyclic esters (lactones) is 1. The van der Waals surface area contributed by atoms with Crippen LogP contribution in [-0.4, -0.2) is 246 Å². The molecule has 0 aromatic heterocycles. The lowest BCUT2D eigenvalue weighted by Crippen LogP contribution is -2.66. The number of rotatable bonds is 31. The number of aromatic hydroxyl groups is 1. The predicted octanol–water partition coefficient (Wildman–Crippen LogP) is -4.57. The predicted molar refractivity (Wildman–Crippen MR) is 363 cm³/mol. The van der Waals surface area contributed by atoms with Crippen LogP contribution in [-0.2, 0) is 81.3 Å². The number of likely N-dealkylation sites (N-methyl/N-ethyl adjacent to an activating group) is 2. The highest BCUT2D eigenvalue weighted by Gasteiger charge is 2.44. The third-order valence-electron chi connectivity index (χ3n) is 17.0. The second-order valence-electron chi connectivity index (χ2n) is 25.8. The van der Waals surface area contributed by atoms with Gasteiger partial charge in [0.1, 0.15) is 78.4 Å². The average molecular weight is 1430 g/mol. The van der Waals surface area contributed by atoms with E-state index in [1.807, 2.05) is 19.9 Å². The van der Waals surface area contributed by atoms with Crippen LogP contribution in [0.1, 0.15) is 120 Å². The number of benzene rings is 1. The van der Waals surface area contributed by atoms with Crippen molar-refractivity contribution in [3.8, 4) is 5.75 Å². The minimum absolute atomic E-state index is 0.0471. The number of aliphatic hydroxyl groups excluding tert-OH is 3. The molecule has 1 fully saturated rings. The molecule has 101 heavy (non-hydrogen) atoms. The monoisotopic (exact) mass is 1430 g/mol. The summed E-state index contributed by atoms with van der Waals surface area (Å²) in [6.45, 7) is 13.9. The van der Waals surface area contributed by atoms with Gasteiger partial charge in [0.25, 0.3) is 0 Å². The molecule has 0 bridgehead atoms. The molecule has 0 aliphatic carbocycles. The topological polar surface area (TPSA) is 540 Å². The lowest BCUT2D eigenvalue weighted by Gasteiger charge is -2.36. The van der Waals surface area contributed by atoms with Crippen LogP contribution in [0.15, 0.2) is 48.1 Å². The van der Waals surface area contributed by atoms with E-state index in [-0.39, 0.29) is 29.6 Å². The van der Waals surface area contributed by atoms with Gasteiger partial charge in [0.15, 0.2) is 0 Å². The van der Waals surface area contributed by atoms with Crippen molar-refractivity contribution in [3.63, 3.8) is 0 Å². The van der Waals surface area contributed by atoms with E-state index < -0.39 is 224 Å². The molecule has 13 amide bonds. The van der Waals surface area contributed by atoms with Crippen molar-refractivity contribution in [2.75, 3.05) is 48.1 Å². The van der Waals surface area contributed by atoms with Crippen LogP contribution < -0.4 is 65.1 Å². The van der Waals surface area contributed by atoms with Gasteiger partial charge < -0.3 is 109 Å². The van der Waals surface area contributed by atoms with Gasteiger partial charge in [0.2, 0.25) is 76.8 Å². The zero-order valence-corrected chi connectivity index (χ0v) is 60.0. The Morgan fingerprint density at radius 2 is 1.36 bits per heavy atom. The number of allylic oxidation sites excluding steroid dienone is 3. The number of carbonyl (C=O) groups excluding carboxylic acids is 14. The second kappa shape index (κ2) is 42.2. The van der Waals surface area contributed by atoms with Crippen molar-refractivity contribution in [2.24, 2.45) is 40.9 Å². The summed E-state index contributed by atoms with van der Waals surface area (Å²) in [5.41, 5.74) is 18.5. The molecule has 1 aromatic carbocycles. The van der Waals surface area contributed by atoms with Crippen molar-refractivity contribution < 1.29 is 102 Å². The fourth-order valence-electron chi connectivity index (χ4n) is 10.4. The molecule has 1 aliphatic rings. The Hall–Kier alpha value is -9.16. The number of nitrogens with one attached hydrogen (secondary N) is 9. The van der Waals surface area contributed by atoms with Crippen LogP contribution in [0.3, 0.4) is 0 Å². The van der Waals surface area contributed by atoms with Gasteiger partial charge in [-0.3, -0.25) is 62.3 Å². The standard InChI is InChI=1S/C66H106N14O21/c1-16-32(4)26-33(5)17-20-42(84)27-48(86)72-44(29-81)58(90)76-52(38(10)82)62(94)75-51(36(8)67)61(93)74-50(34(6)35(7)56(69)88)60(92)77-53-39(11)101-66(98)37(9)79(12)65(97)54(55(100-15)40-18-21-41(83)22-19-40)78-59(91)46(23-24-47(68)85)80(13)64(96)43(25-31(2)3)71-49(87)28-70-57(89)45(30-99-14)73-63(53)95/h17-22,26,31-32,34-39,42-46,50-55,81-84H,16,23-25,27-30,67H2,1-15H3,(H2,68,85)(H2,69,88)(H,70,89)(H,71,87)(H,72,86)(H,73,95)(H,74,93)(H,75,94)(H,76,90)(H,77,92)(H,78,91). The number of carbonyl (C=O) groups is 14. The SMILES string of the molecule is CCC(C)C=C(C)C=CC(O)CC(=O)NC(CO)C(=O)NC(C(=O)NC(C(=O)NC(C(=O)NC1C(=O)NC(COC)C(=O)NCC(=O)NC(CC(C)C)C(=O)N(C)C(CCC(N)=O)C(=O)NC(C(OC)c2ccc(O)cc2)C(=O)N(C)C(C)C(=O)OC1C)C(C)C(C)C(N)=O)C(C)N)C(C)O. The highest BCUT2D eigenvalue weighted by molar-refractivity contribution is 6.00. The molecule has 1 heterocycles. The number of primary amides is 2. The summed E-state index contributed by atoms with van der Waals surface area (Å²) in [5, 5.41) is 63.0. The first-order chi connectivity index (χ1) is 47.2. The summed E-state index contributed by atoms with van der Waals surface area (Å²) in [7, 11) is 4.66. The molecular formula is C66H106N14O21. The summed E-state index contributed by atoms with van der Waals surface area (Å²) in [6.07, 6.45) is -2.02. The number of nitrogens with two attached hydrogens (primary N) is 3. The quantitative estimate of drug-likeness (QED) is 0.0246. The minimum Gasteiger partial charge on any atom is -0.508 e. The number of phenols is 1. The normalized spacial score (nSPS) is 23.0. The molecule has 566 valence electrons. The van der Waals surface area contributed by atoms with E-state index in [1.165, 1.54) is 72.2 Å². The van der Waals surface area contributed by atoms with Gasteiger partial charge in [-0.2, -0.15) is 0 Å². The van der Waals surface area contributed by atoms with Crippen molar-refractivity contribution in [1.82, 2.24) is 57.7 Å². The number of phenolic OH excluding ortho intramolecular Hbond substituents is 1. The fraction of sp³-hybridized carbons (Fsp3) is 0.636. The zero-order chi connectivity index (χ0) is 77.0. The smallest absolute Gasteiger partial charge is 0.328 e. The summed E-state index contributed by atoms with van der Waals surface area (Å²) < 4.78 is 16.8. The number of esters is 1. The first-order valence-corrected chi connectivity index (χ1v) is 33.1.